The zero-order chi connectivity index (χ0) is 27.9. The summed E-state index contributed by atoms with van der Waals surface area (Å²) in [6.45, 7) is 0.362. The van der Waals surface area contributed by atoms with Crippen LogP contribution in [0, 0.1) is 5.82 Å². The van der Waals surface area contributed by atoms with Gasteiger partial charge in [-0.2, -0.15) is 0 Å². The maximum absolute atomic E-state index is 13.5. The van der Waals surface area contributed by atoms with Crippen LogP contribution in [0.25, 0.3) is 0 Å². The number of hydrogen-bond donors (Lipinski definition) is 2. The van der Waals surface area contributed by atoms with Gasteiger partial charge in [-0.15, -0.1) is 0 Å². The molecule has 0 aromatic heterocycles. The van der Waals surface area contributed by atoms with Crippen LogP contribution in [0.1, 0.15) is 28.4 Å². The Bertz CT molecular complexity index is 1460. The van der Waals surface area contributed by atoms with Crippen LogP contribution in [-0.2, 0) is 33.8 Å². The molecule has 4 aromatic carbocycles. The van der Waals surface area contributed by atoms with Gasteiger partial charge in [0.15, 0.2) is 12.1 Å². The molecule has 0 saturated carbocycles. The first kappa shape index (κ1) is 26.6. The second-order valence-corrected chi connectivity index (χ2v) is 9.54. The van der Waals surface area contributed by atoms with Crippen LogP contribution in [0.4, 0.5) is 14.9 Å². The van der Waals surface area contributed by atoms with E-state index in [9.17, 15) is 18.8 Å². The predicted molar refractivity (Wildman–Crippen MR) is 148 cm³/mol. The molecule has 8 heteroatoms. The van der Waals surface area contributed by atoms with Crippen molar-refractivity contribution < 1.29 is 23.5 Å². The lowest BCUT2D eigenvalue weighted by Crippen LogP contribution is -2.46. The Hall–Kier alpha value is -4.98. The van der Waals surface area contributed by atoms with Crippen molar-refractivity contribution in [3.8, 4) is 0 Å². The number of carbonyl (C=O) groups is 3. The van der Waals surface area contributed by atoms with E-state index in [1.807, 2.05) is 60.7 Å². The molecule has 1 heterocycles. The number of hydrogen-bond acceptors (Lipinski definition) is 4. The van der Waals surface area contributed by atoms with Crippen LogP contribution in [0.3, 0.4) is 0 Å². The van der Waals surface area contributed by atoms with Crippen molar-refractivity contribution in [1.29, 1.82) is 0 Å². The fourth-order valence-electron chi connectivity index (χ4n) is 4.63. The number of carbonyl (C=O) groups excluding carboxylic acids is 3. The van der Waals surface area contributed by atoms with Crippen LogP contribution >= 0.6 is 0 Å². The number of anilines is 1. The molecule has 3 amide bonds. The monoisotopic (exact) mass is 537 g/mol. The van der Waals surface area contributed by atoms with Crippen LogP contribution in [-0.4, -0.2) is 28.8 Å². The average molecular weight is 538 g/mol. The third-order valence-corrected chi connectivity index (χ3v) is 6.66. The Labute approximate surface area is 231 Å². The van der Waals surface area contributed by atoms with Crippen LogP contribution in [0.2, 0.25) is 0 Å². The maximum Gasteiger partial charge on any atom is 0.411 e. The smallest absolute Gasteiger partial charge is 0.411 e. The van der Waals surface area contributed by atoms with Crippen molar-refractivity contribution in [3.63, 3.8) is 0 Å². The quantitative estimate of drug-likeness (QED) is 0.300. The summed E-state index contributed by atoms with van der Waals surface area (Å²) in [6, 6.07) is 30.6. The van der Waals surface area contributed by atoms with E-state index < -0.39 is 24.1 Å². The standard InChI is InChI=1S/C32H28FN3O4/c33-26-15-11-23(12-16-26)20-34-31(38)29-30(40-32(39)36(29)21-24-9-5-2-6-10-24)25-13-17-27(18-14-25)35-28(37)19-22-7-3-1-4-8-22/h1-18,29-30H,19-21H2,(H,34,38)(H,35,37)/t29-,30-/m0/s1. The highest BCUT2D eigenvalue weighted by Crippen LogP contribution is 2.34. The van der Waals surface area contributed by atoms with Gasteiger partial charge in [-0.05, 0) is 46.5 Å². The molecular formula is C32H28FN3O4. The largest absolute Gasteiger partial charge is 0.438 e. The van der Waals surface area contributed by atoms with E-state index in [1.165, 1.54) is 17.0 Å². The summed E-state index contributed by atoms with van der Waals surface area (Å²) in [6.07, 6.45) is -1.22. The molecule has 7 nitrogen and oxygen atoms in total. The molecule has 40 heavy (non-hydrogen) atoms. The molecule has 0 radical (unpaired) electrons. The number of rotatable bonds is 9. The van der Waals surface area contributed by atoms with E-state index in [0.29, 0.717) is 11.3 Å². The summed E-state index contributed by atoms with van der Waals surface area (Å²) < 4.78 is 19.0. The van der Waals surface area contributed by atoms with E-state index in [0.717, 1.165) is 16.7 Å². The number of benzene rings is 4. The number of nitrogens with one attached hydrogen (secondary N) is 2. The molecule has 5 rings (SSSR count). The van der Waals surface area contributed by atoms with Crippen molar-refractivity contribution >= 4 is 23.6 Å². The first-order valence-corrected chi connectivity index (χ1v) is 12.9. The molecular weight excluding hydrogens is 509 g/mol. The molecule has 2 N–H and O–H groups in total. The summed E-state index contributed by atoms with van der Waals surface area (Å²) in [5, 5.41) is 5.74. The van der Waals surface area contributed by atoms with Crippen LogP contribution in [0.15, 0.2) is 109 Å². The van der Waals surface area contributed by atoms with Gasteiger partial charge in [0.05, 0.1) is 13.0 Å². The second kappa shape index (κ2) is 12.3. The molecule has 1 fully saturated rings. The number of halogens is 1. The Morgan fingerprint density at radius 2 is 1.40 bits per heavy atom. The summed E-state index contributed by atoms with van der Waals surface area (Å²) in [5.74, 6) is -0.909. The number of ether oxygens (including phenoxy) is 1. The van der Waals surface area contributed by atoms with E-state index in [2.05, 4.69) is 10.6 Å². The number of cyclic esters (lactones) is 1. The third-order valence-electron chi connectivity index (χ3n) is 6.66. The van der Waals surface area contributed by atoms with Crippen molar-refractivity contribution in [2.45, 2.75) is 31.7 Å². The topological polar surface area (TPSA) is 87.7 Å². The van der Waals surface area contributed by atoms with Crippen molar-refractivity contribution in [2.75, 3.05) is 5.32 Å². The zero-order valence-corrected chi connectivity index (χ0v) is 21.6. The second-order valence-electron chi connectivity index (χ2n) is 9.54. The highest BCUT2D eigenvalue weighted by molar-refractivity contribution is 5.92. The van der Waals surface area contributed by atoms with E-state index in [4.69, 9.17) is 4.74 Å². The first-order valence-electron chi connectivity index (χ1n) is 12.9. The van der Waals surface area contributed by atoms with Gasteiger partial charge < -0.3 is 15.4 Å². The number of amides is 3. The normalized spacial score (nSPS) is 16.3. The maximum atomic E-state index is 13.5. The SMILES string of the molecule is O=C(Cc1ccccc1)Nc1ccc([C@@H]2OC(=O)N(Cc3ccccc3)[C@@H]2C(=O)NCc2ccc(F)cc2)cc1. The van der Waals surface area contributed by atoms with Crippen molar-refractivity contribution in [2.24, 2.45) is 0 Å². The van der Waals surface area contributed by atoms with E-state index >= 15 is 0 Å². The van der Waals surface area contributed by atoms with Gasteiger partial charge in [-0.25, -0.2) is 9.18 Å². The van der Waals surface area contributed by atoms with Crippen LogP contribution in [0.5, 0.6) is 0 Å². The zero-order valence-electron chi connectivity index (χ0n) is 21.6. The Balaban J connectivity index is 1.32. The van der Waals surface area contributed by atoms with Crippen LogP contribution < -0.4 is 10.6 Å². The minimum absolute atomic E-state index is 0.154. The Morgan fingerprint density at radius 1 is 0.775 bits per heavy atom. The molecule has 0 unspecified atom stereocenters. The molecule has 1 aliphatic rings. The molecule has 0 spiro atoms. The minimum atomic E-state index is -0.938. The summed E-state index contributed by atoms with van der Waals surface area (Å²) in [4.78, 5) is 40.4. The molecule has 202 valence electrons. The Morgan fingerprint density at radius 3 is 2.05 bits per heavy atom. The lowest BCUT2D eigenvalue weighted by Gasteiger charge is -2.24. The molecule has 0 bridgehead atoms. The molecule has 1 saturated heterocycles. The summed E-state index contributed by atoms with van der Waals surface area (Å²) in [5.41, 5.74) is 3.69. The fraction of sp³-hybridized carbons (Fsp3) is 0.156. The molecule has 0 aliphatic carbocycles. The fourth-order valence-corrected chi connectivity index (χ4v) is 4.63. The predicted octanol–water partition coefficient (Wildman–Crippen LogP) is 5.39. The average Bonchev–Trinajstić information content (AvgIpc) is 3.29. The van der Waals surface area contributed by atoms with Gasteiger partial charge >= 0.3 is 6.09 Å². The first-order chi connectivity index (χ1) is 19.5. The van der Waals surface area contributed by atoms with Crippen molar-refractivity contribution in [3.05, 3.63) is 137 Å². The van der Waals surface area contributed by atoms with Gasteiger partial charge in [0.25, 0.3) is 0 Å². The molecule has 2 atom stereocenters. The highest BCUT2D eigenvalue weighted by atomic mass is 19.1. The van der Waals surface area contributed by atoms with Gasteiger partial charge in [0, 0.05) is 12.2 Å². The summed E-state index contributed by atoms with van der Waals surface area (Å²) >= 11 is 0. The van der Waals surface area contributed by atoms with Gasteiger partial charge in [0.2, 0.25) is 11.8 Å². The highest BCUT2D eigenvalue weighted by Gasteiger charge is 2.46. The summed E-state index contributed by atoms with van der Waals surface area (Å²) in [7, 11) is 0. The molecule has 4 aromatic rings. The van der Waals surface area contributed by atoms with Gasteiger partial charge in [-0.1, -0.05) is 84.9 Å². The van der Waals surface area contributed by atoms with E-state index in [1.54, 1.807) is 36.4 Å². The van der Waals surface area contributed by atoms with Crippen molar-refractivity contribution in [1.82, 2.24) is 10.2 Å². The minimum Gasteiger partial charge on any atom is -0.438 e. The number of nitrogens with zero attached hydrogens (tertiary/aromatic N) is 1. The van der Waals surface area contributed by atoms with Gasteiger partial charge in [-0.3, -0.25) is 14.5 Å². The Kier molecular flexibility index (Phi) is 8.15. The molecule has 1 aliphatic heterocycles. The van der Waals surface area contributed by atoms with Gasteiger partial charge in [0.1, 0.15) is 5.82 Å². The third kappa shape index (κ3) is 6.53. The lowest BCUT2D eigenvalue weighted by atomic mass is 10.00. The lowest BCUT2D eigenvalue weighted by molar-refractivity contribution is -0.126. The van der Waals surface area contributed by atoms with E-state index in [-0.39, 0.29) is 31.2 Å².